The van der Waals surface area contributed by atoms with E-state index in [-0.39, 0.29) is 0 Å². The number of benzene rings is 15. The second-order valence-electron chi connectivity index (χ2n) is 24.6. The van der Waals surface area contributed by atoms with E-state index >= 15 is 0 Å². The summed E-state index contributed by atoms with van der Waals surface area (Å²) in [7, 11) is 0. The first-order chi connectivity index (χ1) is 46.7. The molecule has 0 saturated carbocycles. The van der Waals surface area contributed by atoms with Crippen LogP contribution in [0.2, 0.25) is 0 Å². The van der Waals surface area contributed by atoms with Gasteiger partial charge in [-0.1, -0.05) is 279 Å². The lowest BCUT2D eigenvalue weighted by molar-refractivity contribution is 1.02. The fourth-order valence-electron chi connectivity index (χ4n) is 15.8. The van der Waals surface area contributed by atoms with E-state index in [4.69, 9.17) is 9.97 Å². The first kappa shape index (κ1) is 51.9. The van der Waals surface area contributed by atoms with Gasteiger partial charge < -0.3 is 18.3 Å². The van der Waals surface area contributed by atoms with Gasteiger partial charge in [-0.3, -0.25) is 0 Å². The van der Waals surface area contributed by atoms with Crippen LogP contribution in [-0.4, -0.2) is 28.2 Å². The van der Waals surface area contributed by atoms with Crippen molar-refractivity contribution in [3.63, 3.8) is 0 Å². The third-order valence-corrected chi connectivity index (χ3v) is 19.7. The van der Waals surface area contributed by atoms with Gasteiger partial charge in [0.2, 0.25) is 0 Å². The van der Waals surface area contributed by atoms with Gasteiger partial charge in [-0.15, -0.1) is 0 Å². The highest BCUT2D eigenvalue weighted by Gasteiger charge is 2.37. The minimum Gasteiger partial charge on any atom is -0.306 e. The van der Waals surface area contributed by atoms with Crippen molar-refractivity contribution < 1.29 is 0 Å². The number of rotatable bonds is 7. The standard InChI is InChI=1S/C87H51N7/c88-52-71-83(91-74-39-19-15-35-63(74)67-47-43-53-23-7-11-31-59(53)79(67)91)78(87-89-72(57-27-3-1-4-28-57)51-73(90-87)58-29-5-2-6-30-58)85(93-76-41-21-17-37-65(76)69-49-45-55-25-9-13-33-61(55)81(69)93)86(94-77-42-22-18-38-66(77)70-50-46-56-26-10-14-34-62(56)82(70)94)84(71)92-75-40-20-16-36-64(75)68-48-44-54-24-8-12-32-60(54)80(68)92/h1-51H. The van der Waals surface area contributed by atoms with Gasteiger partial charge in [0.05, 0.1) is 83.8 Å². The molecule has 434 valence electrons. The molecule has 0 radical (unpaired) electrons. The van der Waals surface area contributed by atoms with Gasteiger partial charge in [0, 0.05) is 75.8 Å². The minimum atomic E-state index is 0.437. The lowest BCUT2D eigenvalue weighted by Crippen LogP contribution is -2.17. The molecule has 0 spiro atoms. The number of fused-ring (bicyclic) bond motifs is 20. The Morgan fingerprint density at radius 3 is 0.883 bits per heavy atom. The molecular weight excluding hydrogens is 1140 g/mol. The summed E-state index contributed by atoms with van der Waals surface area (Å²) in [6.07, 6.45) is 0. The summed E-state index contributed by atoms with van der Waals surface area (Å²) in [5, 5.41) is 30.8. The van der Waals surface area contributed by atoms with Gasteiger partial charge in [-0.05, 0) is 51.9 Å². The van der Waals surface area contributed by atoms with Crippen molar-refractivity contribution in [3.8, 4) is 62.7 Å². The fourth-order valence-corrected chi connectivity index (χ4v) is 15.8. The van der Waals surface area contributed by atoms with Crippen LogP contribution in [0.15, 0.2) is 309 Å². The monoisotopic (exact) mass is 1190 g/mol. The predicted molar refractivity (Wildman–Crippen MR) is 390 cm³/mol. The molecule has 0 bridgehead atoms. The first-order valence-corrected chi connectivity index (χ1v) is 32.0. The molecule has 20 aromatic rings. The first-order valence-electron chi connectivity index (χ1n) is 32.0. The Morgan fingerprint density at radius 2 is 0.532 bits per heavy atom. The van der Waals surface area contributed by atoms with E-state index < -0.39 is 0 Å². The van der Waals surface area contributed by atoms with Crippen molar-refractivity contribution in [1.29, 1.82) is 5.26 Å². The van der Waals surface area contributed by atoms with Gasteiger partial charge >= 0.3 is 0 Å². The highest BCUT2D eigenvalue weighted by Crippen LogP contribution is 2.54. The average molecular weight is 1190 g/mol. The summed E-state index contributed by atoms with van der Waals surface area (Å²) < 4.78 is 9.93. The molecule has 0 N–H and O–H groups in total. The lowest BCUT2D eigenvalue weighted by Gasteiger charge is -2.29. The summed E-state index contributed by atoms with van der Waals surface area (Å²) in [5.74, 6) is 0.449. The second-order valence-corrected chi connectivity index (χ2v) is 24.6. The number of nitrogens with zero attached hydrogens (tertiary/aromatic N) is 7. The molecule has 5 aromatic heterocycles. The normalized spacial score (nSPS) is 12.0. The minimum absolute atomic E-state index is 0.437. The molecule has 0 fully saturated rings. The maximum absolute atomic E-state index is 13.6. The molecule has 0 saturated heterocycles. The number of nitriles is 1. The van der Waals surface area contributed by atoms with Crippen molar-refractivity contribution in [3.05, 3.63) is 315 Å². The maximum Gasteiger partial charge on any atom is 0.164 e. The Labute approximate surface area is 538 Å². The lowest BCUT2D eigenvalue weighted by atomic mass is 9.96. The van der Waals surface area contributed by atoms with Gasteiger partial charge in [0.15, 0.2) is 5.82 Å². The molecule has 20 rings (SSSR count). The van der Waals surface area contributed by atoms with E-state index in [1.54, 1.807) is 0 Å². The van der Waals surface area contributed by atoms with E-state index in [0.29, 0.717) is 28.3 Å². The predicted octanol–water partition coefficient (Wildman–Crippen LogP) is 22.4. The Hall–Kier alpha value is -12.9. The number of aromatic nitrogens is 6. The molecule has 0 aliphatic carbocycles. The summed E-state index contributed by atoms with van der Waals surface area (Å²) >= 11 is 0. The highest BCUT2D eigenvalue weighted by atomic mass is 15.1. The van der Waals surface area contributed by atoms with E-state index in [9.17, 15) is 5.26 Å². The molecule has 94 heavy (non-hydrogen) atoms. The molecule has 0 atom stereocenters. The molecule has 7 nitrogen and oxygen atoms in total. The number of para-hydroxylation sites is 4. The smallest absolute Gasteiger partial charge is 0.164 e. The van der Waals surface area contributed by atoms with Crippen LogP contribution in [0, 0.1) is 11.3 Å². The SMILES string of the molecule is N#Cc1c(-n2c3ccccc3c3ccc4ccccc4c32)c(-c2nc(-c3ccccc3)cc(-c3ccccc3)n2)c(-n2c3ccccc3c3ccc4ccccc4c32)c(-n2c3ccccc3c3ccc4ccccc4c32)c1-n1c2ccccc2c2ccc3ccccc3c21. The zero-order valence-electron chi connectivity index (χ0n) is 50.6. The largest absolute Gasteiger partial charge is 0.306 e. The maximum atomic E-state index is 13.6. The van der Waals surface area contributed by atoms with Gasteiger partial charge in [-0.2, -0.15) is 5.26 Å². The Bertz CT molecular complexity index is 6620. The molecule has 0 aliphatic heterocycles. The molecule has 15 aromatic carbocycles. The molecule has 0 aliphatic rings. The Kier molecular flexibility index (Phi) is 11.1. The second kappa shape index (κ2) is 20.1. The molecular formula is C87H51N7. The highest BCUT2D eigenvalue weighted by molar-refractivity contribution is 6.25. The fraction of sp³-hybridized carbons (Fsp3) is 0. The summed E-state index contributed by atoms with van der Waals surface area (Å²) in [6.45, 7) is 0. The third kappa shape index (κ3) is 7.30. The van der Waals surface area contributed by atoms with Crippen LogP contribution in [0.3, 0.4) is 0 Å². The topological polar surface area (TPSA) is 69.3 Å². The van der Waals surface area contributed by atoms with Crippen molar-refractivity contribution in [2.75, 3.05) is 0 Å². The van der Waals surface area contributed by atoms with E-state index in [1.165, 1.54) is 0 Å². The van der Waals surface area contributed by atoms with Crippen LogP contribution in [0.1, 0.15) is 5.56 Å². The van der Waals surface area contributed by atoms with Crippen LogP contribution < -0.4 is 0 Å². The van der Waals surface area contributed by atoms with Crippen LogP contribution in [0.5, 0.6) is 0 Å². The quantitative estimate of drug-likeness (QED) is 0.160. The average Bonchev–Trinajstić information content (AvgIpc) is 1.45. The van der Waals surface area contributed by atoms with Crippen LogP contribution in [-0.2, 0) is 0 Å². The van der Waals surface area contributed by atoms with Gasteiger partial charge in [-0.25, -0.2) is 9.97 Å². The van der Waals surface area contributed by atoms with Crippen LogP contribution in [0.4, 0.5) is 0 Å². The third-order valence-electron chi connectivity index (χ3n) is 19.7. The van der Waals surface area contributed by atoms with Gasteiger partial charge in [0.25, 0.3) is 0 Å². The Morgan fingerprint density at radius 1 is 0.245 bits per heavy atom. The van der Waals surface area contributed by atoms with Crippen LogP contribution >= 0.6 is 0 Å². The van der Waals surface area contributed by atoms with Crippen molar-refractivity contribution in [2.24, 2.45) is 0 Å². The molecule has 5 heterocycles. The van der Waals surface area contributed by atoms with E-state index in [1.807, 2.05) is 0 Å². The summed E-state index contributed by atoms with van der Waals surface area (Å²) in [6, 6.07) is 114. The zero-order chi connectivity index (χ0) is 61.7. The Balaban J connectivity index is 1.18. The zero-order valence-corrected chi connectivity index (χ0v) is 50.6. The molecule has 7 heteroatoms. The summed E-state index contributed by atoms with van der Waals surface area (Å²) in [5.41, 5.74) is 15.2. The van der Waals surface area contributed by atoms with Gasteiger partial charge in [0.1, 0.15) is 11.6 Å². The molecule has 0 amide bonds. The summed E-state index contributed by atoms with van der Waals surface area (Å²) in [4.78, 5) is 12.1. The number of hydrogen-bond donors (Lipinski definition) is 0. The van der Waals surface area contributed by atoms with Crippen LogP contribution in [0.25, 0.3) is 187 Å². The molecule has 0 unspecified atom stereocenters. The van der Waals surface area contributed by atoms with Crippen molar-refractivity contribution in [1.82, 2.24) is 28.2 Å². The van der Waals surface area contributed by atoms with Crippen molar-refractivity contribution in [2.45, 2.75) is 0 Å². The van der Waals surface area contributed by atoms with E-state index in [0.717, 1.165) is 164 Å². The van der Waals surface area contributed by atoms with Crippen molar-refractivity contribution >= 4 is 130 Å². The van der Waals surface area contributed by atoms with E-state index in [2.05, 4.69) is 334 Å². The number of hydrogen-bond acceptors (Lipinski definition) is 3.